The average Bonchev–Trinajstić information content (AvgIpc) is 2.18. The summed E-state index contributed by atoms with van der Waals surface area (Å²) < 4.78 is 0. The summed E-state index contributed by atoms with van der Waals surface area (Å²) in [5, 5.41) is 7.34. The van der Waals surface area contributed by atoms with Gasteiger partial charge in [0, 0.05) is 0 Å². The molecular formula is C11H16N4. The molecule has 4 nitrogen and oxygen atoms in total. The van der Waals surface area contributed by atoms with Crippen molar-refractivity contribution in [2.45, 2.75) is 20.8 Å². The summed E-state index contributed by atoms with van der Waals surface area (Å²) in [6.45, 7) is 6.22. The molecule has 1 aromatic rings. The molecule has 0 aromatic heterocycles. The third kappa shape index (κ3) is 2.80. The molecule has 0 aliphatic heterocycles. The van der Waals surface area contributed by atoms with Crippen molar-refractivity contribution in [1.82, 2.24) is 0 Å². The first-order chi connectivity index (χ1) is 7.02. The first-order valence-corrected chi connectivity index (χ1v) is 4.71. The Morgan fingerprint density at radius 1 is 1.13 bits per heavy atom. The van der Waals surface area contributed by atoms with E-state index in [2.05, 4.69) is 37.0 Å². The Kier molecular flexibility index (Phi) is 3.44. The van der Waals surface area contributed by atoms with Crippen molar-refractivity contribution in [2.75, 3.05) is 0 Å². The molecular weight excluding hydrogens is 188 g/mol. The van der Waals surface area contributed by atoms with Crippen molar-refractivity contribution in [3.8, 4) is 0 Å². The summed E-state index contributed by atoms with van der Waals surface area (Å²) >= 11 is 0. The Balaban J connectivity index is 3.02. The van der Waals surface area contributed by atoms with Gasteiger partial charge in [0.15, 0.2) is 0 Å². The zero-order valence-electron chi connectivity index (χ0n) is 9.28. The van der Waals surface area contributed by atoms with Crippen LogP contribution in [0.15, 0.2) is 22.3 Å². The minimum atomic E-state index is -0.0345. The lowest BCUT2D eigenvalue weighted by atomic mass is 10.00. The minimum Gasteiger partial charge on any atom is -0.369 e. The van der Waals surface area contributed by atoms with Gasteiger partial charge < -0.3 is 11.5 Å². The van der Waals surface area contributed by atoms with E-state index >= 15 is 0 Å². The predicted molar refractivity (Wildman–Crippen MR) is 64.1 cm³/mol. The molecule has 0 fully saturated rings. The largest absolute Gasteiger partial charge is 0.369 e. The van der Waals surface area contributed by atoms with Crippen molar-refractivity contribution in [2.24, 2.45) is 21.7 Å². The first kappa shape index (κ1) is 11.2. The van der Waals surface area contributed by atoms with Gasteiger partial charge >= 0.3 is 0 Å². The van der Waals surface area contributed by atoms with Crippen LogP contribution in [0.2, 0.25) is 0 Å². The number of hydrogen-bond donors (Lipinski definition) is 2. The number of guanidine groups is 1. The van der Waals surface area contributed by atoms with Gasteiger partial charge in [0.05, 0.1) is 6.21 Å². The van der Waals surface area contributed by atoms with Crippen LogP contribution in [0.5, 0.6) is 0 Å². The van der Waals surface area contributed by atoms with Crippen LogP contribution < -0.4 is 11.5 Å². The van der Waals surface area contributed by atoms with E-state index in [1.807, 2.05) is 6.07 Å². The van der Waals surface area contributed by atoms with Gasteiger partial charge in [-0.25, -0.2) is 0 Å². The van der Waals surface area contributed by atoms with E-state index in [0.29, 0.717) is 0 Å². The number of nitrogens with two attached hydrogens (primary N) is 2. The van der Waals surface area contributed by atoms with Crippen molar-refractivity contribution in [3.05, 3.63) is 34.4 Å². The third-order valence-electron chi connectivity index (χ3n) is 2.47. The van der Waals surface area contributed by atoms with E-state index in [1.165, 1.54) is 16.7 Å². The number of hydrogen-bond acceptors (Lipinski definition) is 2. The van der Waals surface area contributed by atoms with Crippen LogP contribution in [0, 0.1) is 20.8 Å². The lowest BCUT2D eigenvalue weighted by molar-refractivity contribution is 1.20. The maximum atomic E-state index is 5.16. The lowest BCUT2D eigenvalue weighted by Crippen LogP contribution is -2.21. The van der Waals surface area contributed by atoms with Gasteiger partial charge in [-0.15, -0.1) is 5.10 Å². The molecule has 0 bridgehead atoms. The molecule has 1 aromatic carbocycles. The highest BCUT2D eigenvalue weighted by molar-refractivity contribution is 5.83. The molecule has 0 atom stereocenters. The molecule has 4 N–H and O–H groups in total. The Labute approximate surface area is 89.7 Å². The van der Waals surface area contributed by atoms with E-state index in [0.717, 1.165) is 5.56 Å². The van der Waals surface area contributed by atoms with Gasteiger partial charge in [-0.3, -0.25) is 0 Å². The molecule has 0 aliphatic carbocycles. The normalized spacial score (nSPS) is 10.6. The van der Waals surface area contributed by atoms with Crippen molar-refractivity contribution in [1.29, 1.82) is 0 Å². The Hall–Kier alpha value is -1.84. The quantitative estimate of drug-likeness (QED) is 0.431. The highest BCUT2D eigenvalue weighted by atomic mass is 15.3. The van der Waals surface area contributed by atoms with Crippen LogP contribution in [0.1, 0.15) is 22.3 Å². The highest BCUT2D eigenvalue weighted by Crippen LogP contribution is 2.15. The summed E-state index contributed by atoms with van der Waals surface area (Å²) in [6.07, 6.45) is 1.65. The molecule has 0 radical (unpaired) electrons. The number of aryl methyl sites for hydroxylation is 1. The van der Waals surface area contributed by atoms with Gasteiger partial charge in [-0.2, -0.15) is 5.10 Å². The standard InChI is InChI=1S/C11H16N4/c1-7-4-5-10(9(3)8(7)2)6-14-15-11(12)13/h4-6H,1-3H3,(H4,12,13,15)/b14-6+. The van der Waals surface area contributed by atoms with Crippen molar-refractivity contribution in [3.63, 3.8) is 0 Å². The van der Waals surface area contributed by atoms with Gasteiger partial charge in [-0.1, -0.05) is 12.1 Å². The highest BCUT2D eigenvalue weighted by Gasteiger charge is 2.00. The monoisotopic (exact) mass is 204 g/mol. The fourth-order valence-electron chi connectivity index (χ4n) is 1.27. The smallest absolute Gasteiger partial charge is 0.211 e. The third-order valence-corrected chi connectivity index (χ3v) is 2.47. The minimum absolute atomic E-state index is 0.0345. The lowest BCUT2D eigenvalue weighted by Gasteiger charge is -2.06. The molecule has 0 heterocycles. The molecule has 1 rings (SSSR count). The van der Waals surface area contributed by atoms with Crippen LogP contribution in [0.4, 0.5) is 0 Å². The second-order valence-electron chi connectivity index (χ2n) is 3.49. The molecule has 0 saturated heterocycles. The van der Waals surface area contributed by atoms with Crippen LogP contribution >= 0.6 is 0 Å². The molecule has 0 aliphatic rings. The van der Waals surface area contributed by atoms with E-state index in [1.54, 1.807) is 6.21 Å². The zero-order chi connectivity index (χ0) is 11.4. The topological polar surface area (TPSA) is 76.8 Å². The van der Waals surface area contributed by atoms with Crippen LogP contribution in [0.25, 0.3) is 0 Å². The fourth-order valence-corrected chi connectivity index (χ4v) is 1.27. The summed E-state index contributed by atoms with van der Waals surface area (Å²) in [7, 11) is 0. The SMILES string of the molecule is Cc1ccc(/C=N/N=C(N)N)c(C)c1C. The molecule has 0 spiro atoms. The van der Waals surface area contributed by atoms with Gasteiger partial charge in [0.1, 0.15) is 0 Å². The van der Waals surface area contributed by atoms with E-state index in [9.17, 15) is 0 Å². The number of nitrogens with zero attached hydrogens (tertiary/aromatic N) is 2. The fraction of sp³-hybridized carbons (Fsp3) is 0.273. The van der Waals surface area contributed by atoms with E-state index in [4.69, 9.17) is 11.5 Å². The number of benzene rings is 1. The number of rotatable bonds is 2. The second kappa shape index (κ2) is 4.59. The average molecular weight is 204 g/mol. The van der Waals surface area contributed by atoms with Crippen molar-refractivity contribution < 1.29 is 0 Å². The Morgan fingerprint density at radius 3 is 2.40 bits per heavy atom. The molecule has 15 heavy (non-hydrogen) atoms. The Morgan fingerprint density at radius 2 is 1.80 bits per heavy atom. The summed E-state index contributed by atoms with van der Waals surface area (Å²) in [5.74, 6) is -0.0345. The second-order valence-corrected chi connectivity index (χ2v) is 3.49. The maximum Gasteiger partial charge on any atom is 0.211 e. The van der Waals surface area contributed by atoms with Crippen molar-refractivity contribution >= 4 is 12.2 Å². The first-order valence-electron chi connectivity index (χ1n) is 4.71. The van der Waals surface area contributed by atoms with Crippen LogP contribution in [-0.2, 0) is 0 Å². The van der Waals surface area contributed by atoms with Gasteiger partial charge in [0.2, 0.25) is 5.96 Å². The molecule has 4 heteroatoms. The van der Waals surface area contributed by atoms with E-state index in [-0.39, 0.29) is 5.96 Å². The molecule has 0 saturated carbocycles. The zero-order valence-corrected chi connectivity index (χ0v) is 9.28. The molecule has 0 unspecified atom stereocenters. The summed E-state index contributed by atoms with van der Waals surface area (Å²) in [4.78, 5) is 0. The van der Waals surface area contributed by atoms with Crippen LogP contribution in [-0.4, -0.2) is 12.2 Å². The van der Waals surface area contributed by atoms with Gasteiger partial charge in [-0.05, 0) is 43.0 Å². The Bertz CT molecular complexity index is 415. The summed E-state index contributed by atoms with van der Waals surface area (Å²) in [6, 6.07) is 4.06. The van der Waals surface area contributed by atoms with Crippen LogP contribution in [0.3, 0.4) is 0 Å². The molecule has 0 amide bonds. The van der Waals surface area contributed by atoms with E-state index < -0.39 is 0 Å². The van der Waals surface area contributed by atoms with Gasteiger partial charge in [0.25, 0.3) is 0 Å². The predicted octanol–water partition coefficient (Wildman–Crippen LogP) is 1.22. The molecule has 80 valence electrons. The summed E-state index contributed by atoms with van der Waals surface area (Å²) in [5.41, 5.74) is 15.1. The maximum absolute atomic E-state index is 5.16.